The quantitative estimate of drug-likeness (QED) is 0.644. The van der Waals surface area contributed by atoms with Crippen LogP contribution in [0.5, 0.6) is 0 Å². The lowest BCUT2D eigenvalue weighted by atomic mass is 10.2. The van der Waals surface area contributed by atoms with Gasteiger partial charge in [0.25, 0.3) is 0 Å². The second-order valence-electron chi connectivity index (χ2n) is 7.03. The van der Waals surface area contributed by atoms with Crippen molar-refractivity contribution in [3.8, 4) is 0 Å². The molecule has 138 valence electrons. The maximum absolute atomic E-state index is 4.72. The molecule has 8 bridgehead atoms. The van der Waals surface area contributed by atoms with Gasteiger partial charge < -0.3 is 15.8 Å². The topological polar surface area (TPSA) is 76.9 Å². The van der Waals surface area contributed by atoms with Crippen LogP contribution < -0.4 is 21.4 Å². The van der Waals surface area contributed by atoms with Crippen LogP contribution in [0.1, 0.15) is 5.69 Å². The van der Waals surface area contributed by atoms with Gasteiger partial charge in [-0.25, -0.2) is 15.0 Å². The normalized spacial score (nSPS) is 22.3. The van der Waals surface area contributed by atoms with Crippen molar-refractivity contribution in [2.75, 3.05) is 0 Å². The molecule has 5 aliphatic rings. The first kappa shape index (κ1) is 15.8. The van der Waals surface area contributed by atoms with Gasteiger partial charge in [-0.15, -0.1) is 0 Å². The van der Waals surface area contributed by atoms with Crippen LogP contribution in [0.4, 0.5) is 0 Å². The highest BCUT2D eigenvalue weighted by Gasteiger charge is 2.11. The monoisotopic (exact) mass is 376 g/mol. The van der Waals surface area contributed by atoms with E-state index in [1.807, 2.05) is 67.0 Å². The number of aromatic nitrogens is 1. The average molecular weight is 376 g/mol. The van der Waals surface area contributed by atoms with Gasteiger partial charge in [-0.1, -0.05) is 0 Å². The van der Waals surface area contributed by atoms with E-state index >= 15 is 0 Å². The minimum Gasteiger partial charge on any atom is -0.355 e. The van der Waals surface area contributed by atoms with Crippen molar-refractivity contribution in [1.29, 1.82) is 0 Å². The van der Waals surface area contributed by atoms with Gasteiger partial charge in [-0.05, 0) is 72.9 Å². The minimum atomic E-state index is 0.884. The van der Waals surface area contributed by atoms with Crippen molar-refractivity contribution < 1.29 is 0 Å². The molecule has 0 spiro atoms. The van der Waals surface area contributed by atoms with Crippen LogP contribution in [-0.2, 0) is 0 Å². The molecule has 1 aromatic heterocycles. The zero-order valence-electron chi connectivity index (χ0n) is 15.3. The van der Waals surface area contributed by atoms with E-state index in [9.17, 15) is 0 Å². The molecule has 0 aromatic carbocycles. The maximum atomic E-state index is 4.72. The number of aliphatic imine (C=N–C) groups is 3. The van der Waals surface area contributed by atoms with Gasteiger partial charge >= 0.3 is 0 Å². The molecule has 0 atom stereocenters. The van der Waals surface area contributed by atoms with Crippen molar-refractivity contribution in [3.63, 3.8) is 0 Å². The summed E-state index contributed by atoms with van der Waals surface area (Å²) in [6.07, 6.45) is 24.0. The Hall–Kier alpha value is -4.19. The van der Waals surface area contributed by atoms with Crippen LogP contribution in [0.15, 0.2) is 99.0 Å². The summed E-state index contributed by atoms with van der Waals surface area (Å²) in [6, 6.07) is 2.11. The molecule has 1 aromatic rings. The van der Waals surface area contributed by atoms with Crippen molar-refractivity contribution in [1.82, 2.24) is 15.8 Å². The van der Waals surface area contributed by atoms with Crippen LogP contribution in [0.25, 0.3) is 17.8 Å². The first-order valence-electron chi connectivity index (χ1n) is 9.37. The van der Waals surface area contributed by atoms with Gasteiger partial charge in [-0.3, -0.25) is 0 Å². The number of hydrazine groups is 1. The summed E-state index contributed by atoms with van der Waals surface area (Å²) in [6.45, 7) is 0. The van der Waals surface area contributed by atoms with Crippen molar-refractivity contribution in [3.05, 3.63) is 100 Å². The van der Waals surface area contributed by atoms with Gasteiger partial charge in [0.2, 0.25) is 0 Å². The average Bonchev–Trinajstić information content (AvgIpc) is 3.50. The fraction of sp³-hybridized carbons (Fsp3) is 0. The lowest BCUT2D eigenvalue weighted by Crippen LogP contribution is -2.31. The van der Waals surface area contributed by atoms with Gasteiger partial charge in [0.15, 0.2) is 0 Å². The summed E-state index contributed by atoms with van der Waals surface area (Å²) in [5, 5.41) is 2.05. The molecule has 0 radical (unpaired) electrons. The molecule has 0 saturated heterocycles. The smallest absolute Gasteiger partial charge is 0.0659 e. The van der Waals surface area contributed by atoms with Crippen LogP contribution in [0, 0.1) is 0 Å². The zero-order valence-corrected chi connectivity index (χ0v) is 15.3. The SMILES string of the molecule is C1=CC(=c2cc3[nH]c2=CC2=NC(=CC4=NC(=CC5=NC(=C3)C=C5)C=C4)C=C2)NN1. The highest BCUT2D eigenvalue weighted by molar-refractivity contribution is 6.20. The molecule has 6 heteroatoms. The molecule has 5 aliphatic heterocycles. The lowest BCUT2D eigenvalue weighted by Gasteiger charge is -1.96. The van der Waals surface area contributed by atoms with Crippen LogP contribution in [0.3, 0.4) is 0 Å². The Morgan fingerprint density at radius 3 is 1.86 bits per heavy atom. The number of rotatable bonds is 0. The predicted octanol–water partition coefficient (Wildman–Crippen LogP) is 1.68. The Labute approximate surface area is 166 Å². The lowest BCUT2D eigenvalue weighted by molar-refractivity contribution is 0.829. The van der Waals surface area contributed by atoms with Crippen molar-refractivity contribution in [2.24, 2.45) is 15.0 Å². The number of hydrogen-bond donors (Lipinski definition) is 3. The third kappa shape index (κ3) is 2.96. The molecule has 6 nitrogen and oxygen atoms in total. The fourth-order valence-corrected chi connectivity index (χ4v) is 3.63. The number of aromatic amines is 1. The first-order chi connectivity index (χ1) is 14.3. The largest absolute Gasteiger partial charge is 0.355 e. The summed E-state index contributed by atoms with van der Waals surface area (Å²) >= 11 is 0. The Morgan fingerprint density at radius 1 is 0.621 bits per heavy atom. The second kappa shape index (κ2) is 6.17. The Morgan fingerprint density at radius 2 is 1.24 bits per heavy atom. The summed E-state index contributed by atoms with van der Waals surface area (Å²) in [5.74, 6) is 0. The van der Waals surface area contributed by atoms with Gasteiger partial charge in [-0.2, -0.15) is 0 Å². The number of fused-ring (bicyclic) bond motifs is 5. The van der Waals surface area contributed by atoms with E-state index in [1.54, 1.807) is 0 Å². The summed E-state index contributed by atoms with van der Waals surface area (Å²) in [7, 11) is 0. The Balaban J connectivity index is 1.59. The third-order valence-electron chi connectivity index (χ3n) is 4.94. The van der Waals surface area contributed by atoms with Crippen LogP contribution in [-0.4, -0.2) is 22.1 Å². The molecule has 3 N–H and O–H groups in total. The maximum Gasteiger partial charge on any atom is 0.0659 e. The minimum absolute atomic E-state index is 0.884. The predicted molar refractivity (Wildman–Crippen MR) is 117 cm³/mol. The number of nitrogens with zero attached hydrogens (tertiary/aromatic N) is 3. The number of nitrogens with one attached hydrogen (secondary N) is 3. The highest BCUT2D eigenvalue weighted by atomic mass is 15.4. The van der Waals surface area contributed by atoms with Crippen LogP contribution in [0.2, 0.25) is 0 Å². The van der Waals surface area contributed by atoms with Gasteiger partial charge in [0.1, 0.15) is 0 Å². The summed E-state index contributed by atoms with van der Waals surface area (Å²) in [5.41, 5.74) is 13.5. The molecule has 6 heterocycles. The Kier molecular flexibility index (Phi) is 3.37. The molecule has 0 aliphatic carbocycles. The van der Waals surface area contributed by atoms with E-state index in [1.165, 1.54) is 0 Å². The molecule has 0 amide bonds. The van der Waals surface area contributed by atoms with E-state index in [4.69, 9.17) is 9.98 Å². The van der Waals surface area contributed by atoms with E-state index < -0.39 is 0 Å². The molecule has 6 rings (SSSR count). The Bertz CT molecular complexity index is 1380. The summed E-state index contributed by atoms with van der Waals surface area (Å²) in [4.78, 5) is 17.5. The number of allylic oxidation sites excluding steroid dienone is 8. The van der Waals surface area contributed by atoms with Crippen molar-refractivity contribution in [2.45, 2.75) is 0 Å². The molecular weight excluding hydrogens is 360 g/mol. The van der Waals surface area contributed by atoms with Gasteiger partial charge in [0.05, 0.1) is 45.3 Å². The fourth-order valence-electron chi connectivity index (χ4n) is 3.63. The molecular formula is C23H16N6. The first-order valence-corrected chi connectivity index (χ1v) is 9.37. The van der Waals surface area contributed by atoms with E-state index in [0.29, 0.717) is 0 Å². The van der Waals surface area contributed by atoms with E-state index in [0.717, 1.165) is 56.2 Å². The van der Waals surface area contributed by atoms with Crippen molar-refractivity contribution >= 4 is 35.0 Å². The zero-order chi connectivity index (χ0) is 19.2. The van der Waals surface area contributed by atoms with Crippen LogP contribution >= 0.6 is 0 Å². The van der Waals surface area contributed by atoms with E-state index in [2.05, 4.69) is 33.0 Å². The molecule has 0 saturated carbocycles. The summed E-state index contributed by atoms with van der Waals surface area (Å²) < 4.78 is 0. The number of hydrogen-bond acceptors (Lipinski definition) is 5. The third-order valence-corrected chi connectivity index (χ3v) is 4.94. The molecule has 29 heavy (non-hydrogen) atoms. The van der Waals surface area contributed by atoms with E-state index in [-0.39, 0.29) is 0 Å². The standard InChI is InChI=1S/C23H16N6/c1-2-15-10-17-5-6-19(27-17)13-23-21(22-7-8-24-29-22)12-20(28-23)11-18-4-3-16(26-18)9-14(1)25-15/h1-13,24,28-29H. The highest BCUT2D eigenvalue weighted by Crippen LogP contribution is 2.18. The number of H-pyrrole nitrogens is 1. The van der Waals surface area contributed by atoms with Gasteiger partial charge in [0, 0.05) is 17.1 Å². The molecule has 0 fully saturated rings. The molecule has 0 unspecified atom stereocenters. The second-order valence-corrected chi connectivity index (χ2v) is 7.03.